The number of benzene rings is 1. The summed E-state index contributed by atoms with van der Waals surface area (Å²) in [6.07, 6.45) is 5.70. The molecule has 0 aliphatic rings. The third-order valence-electron chi connectivity index (χ3n) is 4.71. The van der Waals surface area contributed by atoms with Crippen molar-refractivity contribution in [1.82, 2.24) is 9.55 Å². The van der Waals surface area contributed by atoms with Crippen LogP contribution in [0.4, 0.5) is 0 Å². The van der Waals surface area contributed by atoms with E-state index in [9.17, 15) is 18.0 Å². The fraction of sp³-hybridized carbons (Fsp3) is 0.227. The maximum atomic E-state index is 12.6. The minimum Gasteiger partial charge on any atom is -0.489 e. The van der Waals surface area contributed by atoms with Crippen LogP contribution in [0.5, 0.6) is 5.75 Å². The summed E-state index contributed by atoms with van der Waals surface area (Å²) in [4.78, 5) is 27.7. The Hall–Kier alpha value is -3.46. The molecule has 8 nitrogen and oxygen atoms in total. The van der Waals surface area contributed by atoms with Crippen molar-refractivity contribution in [2.75, 3.05) is 6.26 Å². The van der Waals surface area contributed by atoms with Crippen molar-refractivity contribution in [1.29, 1.82) is 0 Å². The Morgan fingerprint density at radius 1 is 1.16 bits per heavy atom. The van der Waals surface area contributed by atoms with Crippen LogP contribution in [0, 0.1) is 0 Å². The van der Waals surface area contributed by atoms with Gasteiger partial charge in [0.25, 0.3) is 5.56 Å². The Morgan fingerprint density at radius 2 is 1.90 bits per heavy atom. The van der Waals surface area contributed by atoms with Crippen LogP contribution in [-0.4, -0.2) is 30.1 Å². The first-order valence-electron chi connectivity index (χ1n) is 9.55. The summed E-state index contributed by atoms with van der Waals surface area (Å²) < 4.78 is 31.1. The average molecular weight is 442 g/mol. The van der Waals surface area contributed by atoms with Crippen molar-refractivity contribution in [2.45, 2.75) is 24.8 Å². The van der Waals surface area contributed by atoms with Gasteiger partial charge in [0.15, 0.2) is 9.84 Å². The van der Waals surface area contributed by atoms with Crippen molar-refractivity contribution >= 4 is 15.7 Å². The van der Waals surface area contributed by atoms with E-state index in [1.165, 1.54) is 12.3 Å². The first-order valence-corrected chi connectivity index (χ1v) is 11.5. The van der Waals surface area contributed by atoms with Gasteiger partial charge < -0.3 is 10.5 Å². The van der Waals surface area contributed by atoms with Gasteiger partial charge in [0.05, 0.1) is 0 Å². The van der Waals surface area contributed by atoms with Crippen LogP contribution < -0.4 is 16.0 Å². The summed E-state index contributed by atoms with van der Waals surface area (Å²) in [6, 6.07) is 14.0. The fourth-order valence-electron chi connectivity index (χ4n) is 3.13. The molecular weight excluding hydrogens is 418 g/mol. The highest BCUT2D eigenvalue weighted by molar-refractivity contribution is 7.90. The van der Waals surface area contributed by atoms with Crippen molar-refractivity contribution in [3.05, 3.63) is 83.0 Å². The first kappa shape index (κ1) is 22.2. The van der Waals surface area contributed by atoms with Gasteiger partial charge in [0.1, 0.15) is 17.7 Å². The van der Waals surface area contributed by atoms with Crippen molar-refractivity contribution in [2.24, 2.45) is 5.73 Å². The van der Waals surface area contributed by atoms with Crippen LogP contribution >= 0.6 is 0 Å². The van der Waals surface area contributed by atoms with Crippen molar-refractivity contribution in [3.8, 4) is 16.9 Å². The Kier molecular flexibility index (Phi) is 6.86. The van der Waals surface area contributed by atoms with E-state index in [1.807, 2.05) is 24.3 Å². The van der Waals surface area contributed by atoms with E-state index in [0.717, 1.165) is 21.9 Å². The fourth-order valence-corrected chi connectivity index (χ4v) is 4.26. The molecule has 162 valence electrons. The maximum absolute atomic E-state index is 12.6. The van der Waals surface area contributed by atoms with Crippen LogP contribution in [0.15, 0.2) is 71.9 Å². The molecule has 0 saturated carbocycles. The van der Waals surface area contributed by atoms with Crippen molar-refractivity contribution in [3.63, 3.8) is 0 Å². The molecule has 0 fully saturated rings. The lowest BCUT2D eigenvalue weighted by Gasteiger charge is -2.18. The predicted octanol–water partition coefficient (Wildman–Crippen LogP) is 2.30. The molecule has 1 aromatic carbocycles. The molecule has 2 aromatic heterocycles. The maximum Gasteiger partial charge on any atom is 0.252 e. The molecule has 3 rings (SSSR count). The highest BCUT2D eigenvalue weighted by atomic mass is 32.2. The lowest BCUT2D eigenvalue weighted by molar-refractivity contribution is -0.118. The second-order valence-corrected chi connectivity index (χ2v) is 9.33. The lowest BCUT2D eigenvalue weighted by atomic mass is 10.1. The first-order chi connectivity index (χ1) is 14.7. The molecule has 0 aliphatic heterocycles. The molecule has 31 heavy (non-hydrogen) atoms. The number of nitrogens with two attached hydrogens (primary N) is 1. The lowest BCUT2D eigenvalue weighted by Crippen LogP contribution is -2.29. The molecule has 0 saturated heterocycles. The van der Waals surface area contributed by atoms with Gasteiger partial charge in [-0.05, 0) is 41.8 Å². The zero-order valence-corrected chi connectivity index (χ0v) is 17.8. The standard InChI is InChI=1S/C22H23N3O5S/c1-31(28,29)22(9-8-20(23)26)25-12-10-18(13-21(25)27)17-4-6-19(7-5-17)30-15-16-3-2-11-24-14-16/h2-7,10-14,22H,8-9,15H2,1H3,(H2,23,26). The summed E-state index contributed by atoms with van der Waals surface area (Å²) in [5.41, 5.74) is 7.03. The summed E-state index contributed by atoms with van der Waals surface area (Å²) in [5.74, 6) is 0.0497. The summed E-state index contributed by atoms with van der Waals surface area (Å²) >= 11 is 0. The number of carbonyl (C=O) groups excluding carboxylic acids is 1. The number of pyridine rings is 2. The Bertz CT molecular complexity index is 1210. The number of carbonyl (C=O) groups is 1. The number of ether oxygens (including phenoxy) is 1. The summed E-state index contributed by atoms with van der Waals surface area (Å²) in [5, 5.41) is -1.15. The van der Waals surface area contributed by atoms with Crippen LogP contribution in [0.1, 0.15) is 23.8 Å². The second kappa shape index (κ2) is 9.57. The highest BCUT2D eigenvalue weighted by Crippen LogP contribution is 2.24. The smallest absolute Gasteiger partial charge is 0.252 e. The SMILES string of the molecule is CS(=O)(=O)C(CCC(N)=O)n1ccc(-c2ccc(OCc3cccnc3)cc2)cc1=O. The Morgan fingerprint density at radius 3 is 2.48 bits per heavy atom. The molecule has 1 unspecified atom stereocenters. The molecule has 0 radical (unpaired) electrons. The number of hydrogen-bond acceptors (Lipinski definition) is 6. The molecule has 1 amide bonds. The van der Waals surface area contributed by atoms with Crippen LogP contribution in [0.3, 0.4) is 0 Å². The van der Waals surface area contributed by atoms with Crippen LogP contribution in [0.25, 0.3) is 11.1 Å². The average Bonchev–Trinajstić information content (AvgIpc) is 2.73. The number of rotatable bonds is 9. The molecule has 9 heteroatoms. The number of hydrogen-bond donors (Lipinski definition) is 1. The third kappa shape index (κ3) is 6.02. The summed E-state index contributed by atoms with van der Waals surface area (Å²) in [7, 11) is -3.61. The second-order valence-electron chi connectivity index (χ2n) is 7.12. The molecule has 2 heterocycles. The number of primary amides is 1. The van der Waals surface area contributed by atoms with E-state index < -0.39 is 26.7 Å². The molecule has 0 spiro atoms. The van der Waals surface area contributed by atoms with Gasteiger partial charge in [-0.25, -0.2) is 8.42 Å². The normalized spacial score (nSPS) is 12.3. The van der Waals surface area contributed by atoms with E-state index >= 15 is 0 Å². The van der Waals surface area contributed by atoms with Gasteiger partial charge in [-0.3, -0.25) is 19.1 Å². The van der Waals surface area contributed by atoms with Gasteiger partial charge in [0, 0.05) is 42.9 Å². The molecule has 0 aliphatic carbocycles. The van der Waals surface area contributed by atoms with Gasteiger partial charge in [-0.2, -0.15) is 0 Å². The molecule has 1 atom stereocenters. The number of amides is 1. The van der Waals surface area contributed by atoms with Crippen LogP contribution in [-0.2, 0) is 21.2 Å². The molecule has 2 N–H and O–H groups in total. The Labute approximate surface area is 180 Å². The van der Waals surface area contributed by atoms with E-state index in [2.05, 4.69) is 4.98 Å². The minimum absolute atomic E-state index is 0.0591. The van der Waals surface area contributed by atoms with E-state index in [4.69, 9.17) is 10.5 Å². The number of nitrogens with zero attached hydrogens (tertiary/aromatic N) is 2. The highest BCUT2D eigenvalue weighted by Gasteiger charge is 2.24. The quantitative estimate of drug-likeness (QED) is 0.544. The van der Waals surface area contributed by atoms with Gasteiger partial charge >= 0.3 is 0 Å². The van der Waals surface area contributed by atoms with Gasteiger partial charge in [-0.1, -0.05) is 18.2 Å². The minimum atomic E-state index is -3.61. The van der Waals surface area contributed by atoms with Crippen LogP contribution in [0.2, 0.25) is 0 Å². The zero-order chi connectivity index (χ0) is 22.4. The number of aromatic nitrogens is 2. The molecule has 3 aromatic rings. The van der Waals surface area contributed by atoms with E-state index in [0.29, 0.717) is 17.9 Å². The van der Waals surface area contributed by atoms with E-state index in [-0.39, 0.29) is 12.8 Å². The third-order valence-corrected chi connectivity index (χ3v) is 6.16. The largest absolute Gasteiger partial charge is 0.489 e. The predicted molar refractivity (Wildman–Crippen MR) is 117 cm³/mol. The topological polar surface area (TPSA) is 121 Å². The summed E-state index contributed by atoms with van der Waals surface area (Å²) in [6.45, 7) is 0.390. The van der Waals surface area contributed by atoms with E-state index in [1.54, 1.807) is 30.6 Å². The molecular formula is C22H23N3O5S. The van der Waals surface area contributed by atoms with Crippen molar-refractivity contribution < 1.29 is 17.9 Å². The Balaban J connectivity index is 1.77. The molecule has 0 bridgehead atoms. The number of sulfone groups is 1. The van der Waals surface area contributed by atoms with Gasteiger partial charge in [0.2, 0.25) is 5.91 Å². The zero-order valence-electron chi connectivity index (χ0n) is 17.0. The monoisotopic (exact) mass is 441 g/mol. The van der Waals surface area contributed by atoms with Gasteiger partial charge in [-0.15, -0.1) is 0 Å².